The third-order valence-corrected chi connectivity index (χ3v) is 2.08. The van der Waals surface area contributed by atoms with Gasteiger partial charge in [0, 0.05) is 12.6 Å². The van der Waals surface area contributed by atoms with E-state index in [2.05, 4.69) is 0 Å². The van der Waals surface area contributed by atoms with Gasteiger partial charge in [-0.25, -0.2) is 0 Å². The number of carboxylic acid groups (broad SMARTS) is 1. The van der Waals surface area contributed by atoms with Crippen molar-refractivity contribution in [2.24, 2.45) is 0 Å². The maximum absolute atomic E-state index is 11.9. The average Bonchev–Trinajstić information content (AvgIpc) is 2.04. The summed E-state index contributed by atoms with van der Waals surface area (Å²) in [6, 6.07) is -0.00551. The van der Waals surface area contributed by atoms with Crippen LogP contribution in [-0.2, 0) is 4.79 Å². The van der Waals surface area contributed by atoms with Crippen LogP contribution in [0.3, 0.4) is 0 Å². The Morgan fingerprint density at radius 2 is 2.23 bits per heavy atom. The number of carbonyl (C=O) groups is 1. The fourth-order valence-corrected chi connectivity index (χ4v) is 1.33. The molecule has 13 heavy (non-hydrogen) atoms. The molecule has 0 spiro atoms. The lowest BCUT2D eigenvalue weighted by atomic mass is 10.2. The van der Waals surface area contributed by atoms with E-state index in [0.717, 1.165) is 6.54 Å². The van der Waals surface area contributed by atoms with Crippen molar-refractivity contribution < 1.29 is 14.3 Å². The van der Waals surface area contributed by atoms with Crippen molar-refractivity contribution in [2.45, 2.75) is 32.7 Å². The van der Waals surface area contributed by atoms with Gasteiger partial charge in [-0.3, -0.25) is 9.18 Å². The highest BCUT2D eigenvalue weighted by Crippen LogP contribution is 2.04. The molecule has 0 aromatic heterocycles. The first-order valence-electron chi connectivity index (χ1n) is 4.63. The standard InChI is InChI=1S/C9H18FNO2/c1-3-11(6-4-5-10)8(2)7-9(12)13/h8H,3-7H2,1-2H3,(H,12,13). The highest BCUT2D eigenvalue weighted by Gasteiger charge is 2.14. The van der Waals surface area contributed by atoms with Crippen LogP contribution in [0.4, 0.5) is 4.39 Å². The van der Waals surface area contributed by atoms with Crippen molar-refractivity contribution in [1.82, 2.24) is 4.90 Å². The minimum absolute atomic E-state index is 0.00551. The van der Waals surface area contributed by atoms with E-state index in [1.165, 1.54) is 0 Å². The van der Waals surface area contributed by atoms with Crippen LogP contribution >= 0.6 is 0 Å². The molecule has 1 atom stereocenters. The first kappa shape index (κ1) is 12.4. The molecule has 0 amide bonds. The Kier molecular flexibility index (Phi) is 6.49. The molecule has 3 nitrogen and oxygen atoms in total. The Morgan fingerprint density at radius 3 is 2.62 bits per heavy atom. The average molecular weight is 191 g/mol. The van der Waals surface area contributed by atoms with E-state index < -0.39 is 5.97 Å². The van der Waals surface area contributed by atoms with E-state index in [4.69, 9.17) is 5.11 Å². The van der Waals surface area contributed by atoms with E-state index >= 15 is 0 Å². The van der Waals surface area contributed by atoms with Crippen molar-refractivity contribution in [3.63, 3.8) is 0 Å². The second-order valence-corrected chi connectivity index (χ2v) is 3.12. The molecule has 0 aliphatic heterocycles. The summed E-state index contributed by atoms with van der Waals surface area (Å²) in [7, 11) is 0. The third-order valence-electron chi connectivity index (χ3n) is 2.08. The Balaban J connectivity index is 3.83. The topological polar surface area (TPSA) is 40.5 Å². The number of rotatable bonds is 7. The summed E-state index contributed by atoms with van der Waals surface area (Å²) in [4.78, 5) is 12.4. The van der Waals surface area contributed by atoms with E-state index in [9.17, 15) is 9.18 Å². The van der Waals surface area contributed by atoms with Gasteiger partial charge in [-0.2, -0.15) is 0 Å². The number of carboxylic acids is 1. The zero-order chi connectivity index (χ0) is 10.3. The van der Waals surface area contributed by atoms with Gasteiger partial charge in [-0.1, -0.05) is 6.92 Å². The minimum atomic E-state index is -0.800. The quantitative estimate of drug-likeness (QED) is 0.663. The van der Waals surface area contributed by atoms with Crippen molar-refractivity contribution in [3.05, 3.63) is 0 Å². The molecule has 0 rings (SSSR count). The van der Waals surface area contributed by atoms with Gasteiger partial charge < -0.3 is 10.0 Å². The second-order valence-electron chi connectivity index (χ2n) is 3.12. The lowest BCUT2D eigenvalue weighted by molar-refractivity contribution is -0.138. The van der Waals surface area contributed by atoms with Gasteiger partial charge in [-0.15, -0.1) is 0 Å². The molecule has 78 valence electrons. The fraction of sp³-hybridized carbons (Fsp3) is 0.889. The van der Waals surface area contributed by atoms with Gasteiger partial charge in [-0.05, 0) is 19.9 Å². The zero-order valence-corrected chi connectivity index (χ0v) is 8.29. The fourth-order valence-electron chi connectivity index (χ4n) is 1.33. The second kappa shape index (κ2) is 6.83. The SMILES string of the molecule is CCN(CCCF)C(C)CC(=O)O. The van der Waals surface area contributed by atoms with Gasteiger partial charge in [0.1, 0.15) is 0 Å². The predicted octanol–water partition coefficient (Wildman–Crippen LogP) is 1.53. The molecule has 0 bridgehead atoms. The Bertz CT molecular complexity index is 153. The smallest absolute Gasteiger partial charge is 0.304 e. The highest BCUT2D eigenvalue weighted by molar-refractivity contribution is 5.67. The van der Waals surface area contributed by atoms with Crippen LogP contribution < -0.4 is 0 Å². The van der Waals surface area contributed by atoms with Crippen molar-refractivity contribution >= 4 is 5.97 Å². The van der Waals surface area contributed by atoms with Crippen molar-refractivity contribution in [1.29, 1.82) is 0 Å². The monoisotopic (exact) mass is 191 g/mol. The number of hydrogen-bond acceptors (Lipinski definition) is 2. The first-order valence-corrected chi connectivity index (χ1v) is 4.63. The van der Waals surface area contributed by atoms with Crippen molar-refractivity contribution in [3.8, 4) is 0 Å². The molecular formula is C9H18FNO2. The Labute approximate surface area is 78.5 Å². The summed E-state index contributed by atoms with van der Waals surface area (Å²) in [5.41, 5.74) is 0. The zero-order valence-electron chi connectivity index (χ0n) is 8.29. The molecule has 1 unspecified atom stereocenters. The molecule has 4 heteroatoms. The normalized spacial score (nSPS) is 13.2. The van der Waals surface area contributed by atoms with Crippen LogP contribution in [0.15, 0.2) is 0 Å². The van der Waals surface area contributed by atoms with E-state index in [-0.39, 0.29) is 19.1 Å². The van der Waals surface area contributed by atoms with E-state index in [1.54, 1.807) is 0 Å². The van der Waals surface area contributed by atoms with Crippen molar-refractivity contribution in [2.75, 3.05) is 19.8 Å². The summed E-state index contributed by atoms with van der Waals surface area (Å²) < 4.78 is 11.9. The molecule has 0 aromatic carbocycles. The highest BCUT2D eigenvalue weighted by atomic mass is 19.1. The Morgan fingerprint density at radius 1 is 1.62 bits per heavy atom. The third kappa shape index (κ3) is 5.58. The summed E-state index contributed by atoms with van der Waals surface area (Å²) in [5.74, 6) is -0.800. The molecule has 1 N–H and O–H groups in total. The maximum Gasteiger partial charge on any atom is 0.304 e. The summed E-state index contributed by atoms with van der Waals surface area (Å²) in [6.45, 7) is 4.89. The largest absolute Gasteiger partial charge is 0.481 e. The summed E-state index contributed by atoms with van der Waals surface area (Å²) in [5, 5.41) is 8.55. The van der Waals surface area contributed by atoms with E-state index in [1.807, 2.05) is 18.7 Å². The molecule has 0 aromatic rings. The predicted molar refractivity (Wildman–Crippen MR) is 49.6 cm³/mol. The van der Waals surface area contributed by atoms with Crippen LogP contribution in [0.1, 0.15) is 26.7 Å². The number of halogens is 1. The molecular weight excluding hydrogens is 173 g/mol. The summed E-state index contributed by atoms with van der Waals surface area (Å²) >= 11 is 0. The maximum atomic E-state index is 11.9. The van der Waals surface area contributed by atoms with E-state index in [0.29, 0.717) is 13.0 Å². The molecule has 0 saturated heterocycles. The lowest BCUT2D eigenvalue weighted by Crippen LogP contribution is -2.35. The molecule has 0 fully saturated rings. The van der Waals surface area contributed by atoms with Crippen LogP contribution in [0.2, 0.25) is 0 Å². The Hall–Kier alpha value is -0.640. The number of nitrogens with zero attached hydrogens (tertiary/aromatic N) is 1. The minimum Gasteiger partial charge on any atom is -0.481 e. The molecule has 0 radical (unpaired) electrons. The lowest BCUT2D eigenvalue weighted by Gasteiger charge is -2.26. The van der Waals surface area contributed by atoms with Gasteiger partial charge in [0.05, 0.1) is 13.1 Å². The van der Waals surface area contributed by atoms with Crippen LogP contribution in [0.25, 0.3) is 0 Å². The number of aliphatic carboxylic acids is 1. The summed E-state index contributed by atoms with van der Waals surface area (Å²) in [6.07, 6.45) is 0.609. The van der Waals surface area contributed by atoms with Gasteiger partial charge >= 0.3 is 5.97 Å². The van der Waals surface area contributed by atoms with Crippen LogP contribution in [0, 0.1) is 0 Å². The molecule has 0 heterocycles. The number of hydrogen-bond donors (Lipinski definition) is 1. The van der Waals surface area contributed by atoms with Gasteiger partial charge in [0.25, 0.3) is 0 Å². The number of alkyl halides is 1. The van der Waals surface area contributed by atoms with Gasteiger partial charge in [0.2, 0.25) is 0 Å². The first-order chi connectivity index (χ1) is 6.11. The molecule has 0 aliphatic rings. The van der Waals surface area contributed by atoms with Crippen LogP contribution in [0.5, 0.6) is 0 Å². The molecule has 0 aliphatic carbocycles. The van der Waals surface area contributed by atoms with Crippen LogP contribution in [-0.4, -0.2) is 41.8 Å². The van der Waals surface area contributed by atoms with Gasteiger partial charge in [0.15, 0.2) is 0 Å². The molecule has 0 saturated carbocycles.